The van der Waals surface area contributed by atoms with Gasteiger partial charge in [-0.1, -0.05) is 30.3 Å². The molecule has 29 heavy (non-hydrogen) atoms. The average Bonchev–Trinajstić information content (AvgIpc) is 3.17. The number of thiophene rings is 1. The number of ether oxygens (including phenoxy) is 3. The third-order valence-corrected chi connectivity index (χ3v) is 5.31. The van der Waals surface area contributed by atoms with E-state index in [4.69, 9.17) is 19.9 Å². The van der Waals surface area contributed by atoms with Crippen LogP contribution in [0.3, 0.4) is 0 Å². The number of rotatable bonds is 7. The van der Waals surface area contributed by atoms with Crippen molar-refractivity contribution in [1.29, 1.82) is 0 Å². The zero-order chi connectivity index (χ0) is 21.0. The molecule has 0 bridgehead atoms. The van der Waals surface area contributed by atoms with Gasteiger partial charge in [0.25, 0.3) is 11.8 Å². The summed E-state index contributed by atoms with van der Waals surface area (Å²) < 4.78 is 15.8. The third kappa shape index (κ3) is 4.17. The van der Waals surface area contributed by atoms with Crippen molar-refractivity contribution in [3.05, 3.63) is 59.7 Å². The zero-order valence-corrected chi connectivity index (χ0v) is 17.0. The number of carbonyl (C=O) groups is 2. The van der Waals surface area contributed by atoms with Crippen LogP contribution in [0.15, 0.2) is 48.5 Å². The molecule has 0 aliphatic rings. The van der Waals surface area contributed by atoms with E-state index < -0.39 is 11.8 Å². The van der Waals surface area contributed by atoms with Crippen LogP contribution in [-0.4, -0.2) is 33.1 Å². The average molecular weight is 412 g/mol. The standard InChI is InChI=1S/C21H20N2O5S/c1-26-15-9-13(10-16(27-2)18(15)28-3)20(25)23-21-14(19(22)24)11-17(29-21)12-7-5-4-6-8-12/h4-11H,1-3H3,(H2,22,24)(H,23,25). The van der Waals surface area contributed by atoms with Crippen molar-refractivity contribution < 1.29 is 23.8 Å². The summed E-state index contributed by atoms with van der Waals surface area (Å²) in [7, 11) is 4.42. The van der Waals surface area contributed by atoms with E-state index in [1.165, 1.54) is 44.8 Å². The van der Waals surface area contributed by atoms with Crippen LogP contribution < -0.4 is 25.3 Å². The molecule has 3 rings (SSSR count). The van der Waals surface area contributed by atoms with E-state index in [1.807, 2.05) is 30.3 Å². The van der Waals surface area contributed by atoms with Gasteiger partial charge in [-0.25, -0.2) is 0 Å². The fourth-order valence-electron chi connectivity index (χ4n) is 2.80. The van der Waals surface area contributed by atoms with Crippen molar-refractivity contribution in [3.8, 4) is 27.7 Å². The highest BCUT2D eigenvalue weighted by Gasteiger charge is 2.20. The van der Waals surface area contributed by atoms with E-state index in [2.05, 4.69) is 5.32 Å². The summed E-state index contributed by atoms with van der Waals surface area (Å²) in [4.78, 5) is 25.6. The number of hydrogen-bond acceptors (Lipinski definition) is 6. The van der Waals surface area contributed by atoms with Gasteiger partial charge in [0.05, 0.1) is 26.9 Å². The van der Waals surface area contributed by atoms with Crippen molar-refractivity contribution >= 4 is 28.2 Å². The Balaban J connectivity index is 1.97. The highest BCUT2D eigenvalue weighted by molar-refractivity contribution is 7.20. The van der Waals surface area contributed by atoms with Crippen molar-refractivity contribution in [3.63, 3.8) is 0 Å². The second-order valence-electron chi connectivity index (χ2n) is 5.95. The molecule has 150 valence electrons. The van der Waals surface area contributed by atoms with Gasteiger partial charge in [0, 0.05) is 10.4 Å². The smallest absolute Gasteiger partial charge is 0.256 e. The molecule has 0 unspecified atom stereocenters. The highest BCUT2D eigenvalue weighted by Crippen LogP contribution is 2.39. The predicted molar refractivity (Wildman–Crippen MR) is 112 cm³/mol. The van der Waals surface area contributed by atoms with Gasteiger partial charge in [-0.2, -0.15) is 0 Å². The molecule has 0 aliphatic carbocycles. The number of nitrogens with two attached hydrogens (primary N) is 1. The first-order valence-corrected chi connectivity index (χ1v) is 9.40. The van der Waals surface area contributed by atoms with Crippen LogP contribution >= 0.6 is 11.3 Å². The Hall–Kier alpha value is -3.52. The second-order valence-corrected chi connectivity index (χ2v) is 7.00. The fraction of sp³-hybridized carbons (Fsp3) is 0.143. The molecular formula is C21H20N2O5S. The van der Waals surface area contributed by atoms with Gasteiger partial charge in [-0.15, -0.1) is 11.3 Å². The predicted octanol–water partition coefficient (Wildman–Crippen LogP) is 3.79. The lowest BCUT2D eigenvalue weighted by atomic mass is 10.1. The van der Waals surface area contributed by atoms with Crippen molar-refractivity contribution in [2.75, 3.05) is 26.6 Å². The minimum absolute atomic E-state index is 0.245. The lowest BCUT2D eigenvalue weighted by Crippen LogP contribution is -2.16. The molecule has 0 atom stereocenters. The Morgan fingerprint density at radius 1 is 0.931 bits per heavy atom. The van der Waals surface area contributed by atoms with Crippen LogP contribution in [0.4, 0.5) is 5.00 Å². The highest BCUT2D eigenvalue weighted by atomic mass is 32.1. The van der Waals surface area contributed by atoms with Crippen LogP contribution in [-0.2, 0) is 0 Å². The van der Waals surface area contributed by atoms with E-state index in [-0.39, 0.29) is 11.1 Å². The number of hydrogen-bond donors (Lipinski definition) is 2. The number of nitrogens with one attached hydrogen (secondary N) is 1. The number of benzene rings is 2. The molecule has 2 aromatic carbocycles. The maximum Gasteiger partial charge on any atom is 0.256 e. The van der Waals surface area contributed by atoms with Gasteiger partial charge in [-0.05, 0) is 23.8 Å². The van der Waals surface area contributed by atoms with E-state index in [9.17, 15) is 9.59 Å². The number of primary amides is 1. The van der Waals surface area contributed by atoms with E-state index in [0.29, 0.717) is 22.2 Å². The summed E-state index contributed by atoms with van der Waals surface area (Å²) in [6, 6.07) is 14.3. The Labute approximate surface area is 172 Å². The largest absolute Gasteiger partial charge is 0.493 e. The molecule has 0 aliphatic heterocycles. The molecule has 0 spiro atoms. The quantitative estimate of drug-likeness (QED) is 0.615. The van der Waals surface area contributed by atoms with Crippen LogP contribution in [0, 0.1) is 0 Å². The lowest BCUT2D eigenvalue weighted by molar-refractivity contribution is 0.100. The summed E-state index contributed by atoms with van der Waals surface area (Å²) in [6.45, 7) is 0. The van der Waals surface area contributed by atoms with Crippen molar-refractivity contribution in [2.24, 2.45) is 5.73 Å². The molecular weight excluding hydrogens is 392 g/mol. The van der Waals surface area contributed by atoms with Gasteiger partial charge in [0.15, 0.2) is 11.5 Å². The maximum atomic E-state index is 12.9. The lowest BCUT2D eigenvalue weighted by Gasteiger charge is -2.14. The molecule has 1 aromatic heterocycles. The summed E-state index contributed by atoms with van der Waals surface area (Å²) >= 11 is 1.27. The van der Waals surface area contributed by atoms with Gasteiger partial charge in [0.2, 0.25) is 5.75 Å². The molecule has 0 radical (unpaired) electrons. The second kappa shape index (κ2) is 8.66. The van der Waals surface area contributed by atoms with E-state index in [1.54, 1.807) is 6.07 Å². The summed E-state index contributed by atoms with van der Waals surface area (Å²) in [5, 5.41) is 3.14. The molecule has 1 heterocycles. The van der Waals surface area contributed by atoms with Crippen LogP contribution in [0.2, 0.25) is 0 Å². The van der Waals surface area contributed by atoms with Gasteiger partial charge >= 0.3 is 0 Å². The first kappa shape index (κ1) is 20.2. The van der Waals surface area contributed by atoms with Crippen LogP contribution in [0.1, 0.15) is 20.7 Å². The Morgan fingerprint density at radius 2 is 1.55 bits per heavy atom. The Kier molecular flexibility index (Phi) is 6.04. The molecule has 0 fully saturated rings. The molecule has 0 saturated heterocycles. The maximum absolute atomic E-state index is 12.9. The first-order valence-electron chi connectivity index (χ1n) is 8.59. The number of methoxy groups -OCH3 is 3. The van der Waals surface area contributed by atoms with Crippen LogP contribution in [0.5, 0.6) is 17.2 Å². The Bertz CT molecular complexity index is 1020. The Morgan fingerprint density at radius 3 is 2.07 bits per heavy atom. The molecule has 2 amide bonds. The van der Waals surface area contributed by atoms with Gasteiger partial charge in [-0.3, -0.25) is 9.59 Å². The summed E-state index contributed by atoms with van der Waals surface area (Å²) in [5.74, 6) is 0.0234. The van der Waals surface area contributed by atoms with E-state index >= 15 is 0 Å². The molecule has 7 nitrogen and oxygen atoms in total. The number of carbonyl (C=O) groups excluding carboxylic acids is 2. The number of anilines is 1. The fourth-order valence-corrected chi connectivity index (χ4v) is 3.86. The summed E-state index contributed by atoms with van der Waals surface area (Å²) in [6.07, 6.45) is 0. The first-order chi connectivity index (χ1) is 14.0. The van der Waals surface area contributed by atoms with Crippen LogP contribution in [0.25, 0.3) is 10.4 Å². The van der Waals surface area contributed by atoms with Gasteiger partial charge < -0.3 is 25.3 Å². The zero-order valence-electron chi connectivity index (χ0n) is 16.1. The molecule has 8 heteroatoms. The molecule has 0 saturated carbocycles. The SMILES string of the molecule is COc1cc(C(=O)Nc2sc(-c3ccccc3)cc2C(N)=O)cc(OC)c1OC. The van der Waals surface area contributed by atoms with Crippen molar-refractivity contribution in [1.82, 2.24) is 0 Å². The topological polar surface area (TPSA) is 99.9 Å². The minimum atomic E-state index is -0.622. The molecule has 3 aromatic rings. The van der Waals surface area contributed by atoms with Crippen molar-refractivity contribution in [2.45, 2.75) is 0 Å². The molecule has 3 N–H and O–H groups in total. The minimum Gasteiger partial charge on any atom is -0.493 e. The number of amides is 2. The monoisotopic (exact) mass is 412 g/mol. The van der Waals surface area contributed by atoms with Gasteiger partial charge in [0.1, 0.15) is 5.00 Å². The third-order valence-electron chi connectivity index (χ3n) is 4.21. The normalized spacial score (nSPS) is 10.3. The van der Waals surface area contributed by atoms with E-state index in [0.717, 1.165) is 10.4 Å². The summed E-state index contributed by atoms with van der Waals surface area (Å²) in [5.41, 5.74) is 6.96.